The molecule has 0 heterocycles. The minimum Gasteiger partial charge on any atom is -0.481 e. The van der Waals surface area contributed by atoms with Gasteiger partial charge >= 0.3 is 0 Å². The third kappa shape index (κ3) is 166. The molecule has 0 bridgehead atoms. The van der Waals surface area contributed by atoms with Crippen molar-refractivity contribution in [3.05, 3.63) is 35.9 Å². The SMILES string of the molecule is CC(=O)O.CC(=O)O.CC(=O)O.CC(=O)O.CN(C)Cc1ccccc1.Cl.NCCN.[Na]. The van der Waals surface area contributed by atoms with Crippen LogP contribution in [-0.2, 0) is 25.7 Å². The van der Waals surface area contributed by atoms with Gasteiger partial charge in [-0.05, 0) is 19.7 Å². The minimum absolute atomic E-state index is 0. The monoisotopic (exact) mass is 494 g/mol. The molecule has 0 unspecified atom stereocenters. The molecule has 1 radical (unpaired) electrons. The molecule has 0 saturated carbocycles. The molecule has 0 aromatic heterocycles. The van der Waals surface area contributed by atoms with Crippen LogP contribution in [0, 0.1) is 0 Å². The normalized spacial score (nSPS) is 7.28. The Morgan fingerprint density at radius 2 is 0.938 bits per heavy atom. The van der Waals surface area contributed by atoms with E-state index in [0.717, 1.165) is 34.2 Å². The van der Waals surface area contributed by atoms with Crippen LogP contribution in [-0.4, -0.2) is 106 Å². The quantitative estimate of drug-likeness (QED) is 0.327. The summed E-state index contributed by atoms with van der Waals surface area (Å²) in [6, 6.07) is 10.5. The van der Waals surface area contributed by atoms with Crippen LogP contribution < -0.4 is 11.5 Å². The largest absolute Gasteiger partial charge is 0.481 e. The van der Waals surface area contributed by atoms with Gasteiger partial charge in [0.05, 0.1) is 0 Å². The summed E-state index contributed by atoms with van der Waals surface area (Å²) in [5.41, 5.74) is 11.2. The van der Waals surface area contributed by atoms with E-state index in [1.807, 2.05) is 6.07 Å². The second kappa shape index (κ2) is 39.7. The van der Waals surface area contributed by atoms with E-state index in [-0.39, 0.29) is 42.0 Å². The van der Waals surface area contributed by atoms with Crippen LogP contribution in [0.15, 0.2) is 30.3 Å². The van der Waals surface area contributed by atoms with E-state index in [2.05, 4.69) is 43.3 Å². The summed E-state index contributed by atoms with van der Waals surface area (Å²) in [5, 5.41) is 29.7. The van der Waals surface area contributed by atoms with E-state index < -0.39 is 23.9 Å². The molecule has 1 aromatic carbocycles. The van der Waals surface area contributed by atoms with Crippen molar-refractivity contribution < 1.29 is 39.6 Å². The van der Waals surface area contributed by atoms with Crippen molar-refractivity contribution in [1.29, 1.82) is 0 Å². The number of carbonyl (C=O) groups is 4. The summed E-state index contributed by atoms with van der Waals surface area (Å²) >= 11 is 0. The van der Waals surface area contributed by atoms with Crippen LogP contribution in [0.25, 0.3) is 0 Å². The third-order valence-electron chi connectivity index (χ3n) is 1.51. The first-order valence-electron chi connectivity index (χ1n) is 8.50. The Labute approximate surface area is 218 Å². The Morgan fingerprint density at radius 3 is 1.09 bits per heavy atom. The van der Waals surface area contributed by atoms with E-state index in [1.54, 1.807) is 0 Å². The fourth-order valence-corrected chi connectivity index (χ4v) is 0.949. The van der Waals surface area contributed by atoms with Crippen LogP contribution in [0.1, 0.15) is 33.3 Å². The minimum atomic E-state index is -0.833. The number of benzene rings is 1. The van der Waals surface area contributed by atoms with E-state index in [1.165, 1.54) is 5.56 Å². The summed E-state index contributed by atoms with van der Waals surface area (Å²) in [6.07, 6.45) is 0. The fraction of sp³-hybridized carbons (Fsp3) is 0.474. The first kappa shape index (κ1) is 47.9. The van der Waals surface area contributed by atoms with Gasteiger partial charge in [-0.15, -0.1) is 12.4 Å². The zero-order chi connectivity index (χ0) is 25.1. The maximum atomic E-state index is 9.00. The van der Waals surface area contributed by atoms with Crippen molar-refractivity contribution in [3.8, 4) is 0 Å². The van der Waals surface area contributed by atoms with Crippen LogP contribution in [0.2, 0.25) is 0 Å². The average Bonchev–Trinajstić information content (AvgIpc) is 2.53. The number of hydrogen-bond acceptors (Lipinski definition) is 7. The fourth-order valence-electron chi connectivity index (χ4n) is 0.949. The van der Waals surface area contributed by atoms with Crippen molar-refractivity contribution in [1.82, 2.24) is 4.90 Å². The second-order valence-electron chi connectivity index (χ2n) is 5.38. The van der Waals surface area contributed by atoms with Crippen LogP contribution in [0.4, 0.5) is 0 Å². The average molecular weight is 495 g/mol. The molecule has 0 amide bonds. The molecule has 1 aromatic rings. The Balaban J connectivity index is -0.0000000495. The molecule has 1 rings (SSSR count). The van der Waals surface area contributed by atoms with E-state index in [4.69, 9.17) is 51.1 Å². The molecule has 11 nitrogen and oxygen atoms in total. The van der Waals surface area contributed by atoms with Gasteiger partial charge in [0.15, 0.2) is 0 Å². The summed E-state index contributed by atoms with van der Waals surface area (Å²) in [5.74, 6) is -3.33. The smallest absolute Gasteiger partial charge is 0.300 e. The number of carboxylic acid groups (broad SMARTS) is 4. The standard InChI is InChI=1S/C9H13N.C2H8N2.4C2H4O2.ClH.Na/c1-10(2)8-9-6-4-3-5-7-9;3-1-2-4;4*1-2(3)4;;/h3-7H,8H2,1-2H3;1-4H2;4*1H3,(H,3,4);1H;. The Hall–Kier alpha value is -1.73. The number of carboxylic acids is 4. The number of aliphatic carboxylic acids is 4. The third-order valence-corrected chi connectivity index (χ3v) is 1.51. The van der Waals surface area contributed by atoms with Gasteiger partial charge in [0.2, 0.25) is 0 Å². The maximum Gasteiger partial charge on any atom is 0.300 e. The van der Waals surface area contributed by atoms with Crippen molar-refractivity contribution in [2.45, 2.75) is 34.2 Å². The molecule has 8 N–H and O–H groups in total. The van der Waals surface area contributed by atoms with E-state index >= 15 is 0 Å². The number of hydrogen-bond donors (Lipinski definition) is 6. The molecule has 32 heavy (non-hydrogen) atoms. The predicted octanol–water partition coefficient (Wildman–Crippen LogP) is 1.06. The first-order valence-corrected chi connectivity index (χ1v) is 8.50. The second-order valence-corrected chi connectivity index (χ2v) is 5.38. The number of halogens is 1. The number of nitrogens with two attached hydrogens (primary N) is 2. The molecule has 0 atom stereocenters. The van der Waals surface area contributed by atoms with E-state index in [0.29, 0.717) is 13.1 Å². The zero-order valence-corrected chi connectivity index (χ0v) is 22.8. The van der Waals surface area contributed by atoms with E-state index in [9.17, 15) is 0 Å². The van der Waals surface area contributed by atoms with Crippen LogP contribution in [0.5, 0.6) is 0 Å². The molecule has 0 spiro atoms. The van der Waals surface area contributed by atoms with Gasteiger partial charge in [-0.25, -0.2) is 0 Å². The Morgan fingerprint density at radius 1 is 0.719 bits per heavy atom. The van der Waals surface area contributed by atoms with Crippen molar-refractivity contribution in [3.63, 3.8) is 0 Å². The van der Waals surface area contributed by atoms with Crippen LogP contribution in [0.3, 0.4) is 0 Å². The zero-order valence-electron chi connectivity index (χ0n) is 19.9. The summed E-state index contributed by atoms with van der Waals surface area (Å²) in [4.78, 5) is 38.2. The van der Waals surface area contributed by atoms with Crippen molar-refractivity contribution in [2.75, 3.05) is 27.2 Å². The molecule has 0 fully saturated rings. The van der Waals surface area contributed by atoms with Crippen molar-refractivity contribution in [2.24, 2.45) is 11.5 Å². The molecule has 13 heteroatoms. The molecule has 0 aliphatic carbocycles. The molecular formula is C19H38ClN3NaO8. The van der Waals surface area contributed by atoms with Crippen LogP contribution >= 0.6 is 12.4 Å². The van der Waals surface area contributed by atoms with Crippen molar-refractivity contribution >= 4 is 65.8 Å². The Kier molecular flexibility index (Phi) is 59.4. The van der Waals surface area contributed by atoms with Gasteiger partial charge in [-0.2, -0.15) is 0 Å². The topological polar surface area (TPSA) is 204 Å². The van der Waals surface area contributed by atoms with Gasteiger partial charge in [0.25, 0.3) is 23.9 Å². The maximum absolute atomic E-state index is 9.00. The molecule has 185 valence electrons. The first-order chi connectivity index (χ1) is 13.6. The Bertz CT molecular complexity index is 485. The molecular weight excluding hydrogens is 457 g/mol. The van der Waals surface area contributed by atoms with Gasteiger partial charge in [-0.1, -0.05) is 30.3 Å². The van der Waals surface area contributed by atoms with Gasteiger partial charge in [-0.3, -0.25) is 19.2 Å². The summed E-state index contributed by atoms with van der Waals surface area (Å²) < 4.78 is 0. The summed E-state index contributed by atoms with van der Waals surface area (Å²) in [7, 11) is 4.15. The van der Waals surface area contributed by atoms with Gasteiger partial charge < -0.3 is 36.8 Å². The predicted molar refractivity (Wildman–Crippen MR) is 128 cm³/mol. The molecule has 0 aliphatic heterocycles. The summed E-state index contributed by atoms with van der Waals surface area (Å²) in [6.45, 7) is 6.56. The van der Waals surface area contributed by atoms with Gasteiger partial charge in [0.1, 0.15) is 0 Å². The molecule has 0 saturated heterocycles. The number of rotatable bonds is 3. The number of nitrogens with zero attached hydrogens (tertiary/aromatic N) is 1. The molecule has 0 aliphatic rings. The van der Waals surface area contributed by atoms with Gasteiger partial charge in [0, 0.05) is 76.9 Å².